The van der Waals surface area contributed by atoms with E-state index in [1.54, 1.807) is 17.5 Å². The lowest BCUT2D eigenvalue weighted by molar-refractivity contribution is 0.0680. The number of rotatable bonds is 2. The summed E-state index contributed by atoms with van der Waals surface area (Å²) in [6.07, 6.45) is 1.47. The van der Waals surface area contributed by atoms with E-state index in [4.69, 9.17) is 10.2 Å². The molecule has 2 aromatic heterocycles. The monoisotopic (exact) mass is 259 g/mol. The molecule has 7 heteroatoms. The van der Waals surface area contributed by atoms with Gasteiger partial charge in [-0.1, -0.05) is 0 Å². The van der Waals surface area contributed by atoms with E-state index >= 15 is 0 Å². The summed E-state index contributed by atoms with van der Waals surface area (Å²) in [7, 11) is 1.60. The first-order valence-corrected chi connectivity index (χ1v) is 5.43. The fraction of sp³-hybridized carbons (Fsp3) is 0.0833. The number of fused-ring (bicyclic) bond motifs is 3. The molecule has 3 rings (SSSR count). The van der Waals surface area contributed by atoms with Gasteiger partial charge in [0.05, 0.1) is 16.6 Å². The summed E-state index contributed by atoms with van der Waals surface area (Å²) in [5.41, 5.74) is 1.45. The Morgan fingerprint density at radius 1 is 1.21 bits per heavy atom. The summed E-state index contributed by atoms with van der Waals surface area (Å²) in [6.45, 7) is 0. The van der Waals surface area contributed by atoms with Gasteiger partial charge in [0, 0.05) is 13.2 Å². The Bertz CT molecular complexity index is 844. The number of benzene rings is 1. The molecule has 0 aliphatic carbocycles. The average molecular weight is 259 g/mol. The molecule has 0 atom stereocenters. The number of carboxylic acid groups (broad SMARTS) is 2. The summed E-state index contributed by atoms with van der Waals surface area (Å²) in [5.74, 6) is -1.61. The number of hydrogen-bond donors (Lipinski definition) is 2. The second-order valence-electron chi connectivity index (χ2n) is 4.17. The number of hydrogen-bond acceptors (Lipinski definition) is 3. The van der Waals surface area contributed by atoms with Crippen LogP contribution in [-0.4, -0.2) is 36.1 Å². The van der Waals surface area contributed by atoms with Crippen LogP contribution in [0.1, 0.15) is 20.8 Å². The van der Waals surface area contributed by atoms with Crippen molar-refractivity contribution in [3.8, 4) is 0 Å². The Morgan fingerprint density at radius 3 is 2.58 bits per heavy atom. The van der Waals surface area contributed by atoms with Gasteiger partial charge in [-0.25, -0.2) is 14.6 Å². The molecule has 0 saturated carbocycles. The second kappa shape index (κ2) is 3.58. The van der Waals surface area contributed by atoms with Crippen molar-refractivity contribution in [2.24, 2.45) is 7.05 Å². The number of aryl methyl sites for hydroxylation is 1. The van der Waals surface area contributed by atoms with Crippen LogP contribution in [0, 0.1) is 0 Å². The largest absolute Gasteiger partial charge is 0.478 e. The van der Waals surface area contributed by atoms with Crippen molar-refractivity contribution >= 4 is 28.7 Å². The minimum absolute atomic E-state index is 0.117. The van der Waals surface area contributed by atoms with Crippen LogP contribution in [0.25, 0.3) is 16.8 Å². The van der Waals surface area contributed by atoms with E-state index in [2.05, 4.69) is 4.98 Å². The Kier molecular flexibility index (Phi) is 2.12. The van der Waals surface area contributed by atoms with Gasteiger partial charge in [-0.3, -0.25) is 4.40 Å². The Hall–Kier alpha value is -2.83. The summed E-state index contributed by atoms with van der Waals surface area (Å²) in [4.78, 5) is 26.2. The molecule has 0 amide bonds. The van der Waals surface area contributed by atoms with Crippen molar-refractivity contribution < 1.29 is 19.8 Å². The first kappa shape index (κ1) is 11.3. The highest BCUT2D eigenvalue weighted by molar-refractivity contribution is 5.94. The quantitative estimate of drug-likeness (QED) is 0.721. The molecular weight excluding hydrogens is 250 g/mol. The van der Waals surface area contributed by atoms with E-state index in [1.807, 2.05) is 0 Å². The summed E-state index contributed by atoms with van der Waals surface area (Å²) < 4.78 is 3.08. The highest BCUT2D eigenvalue weighted by Crippen LogP contribution is 2.20. The van der Waals surface area contributed by atoms with E-state index in [1.165, 1.54) is 22.9 Å². The van der Waals surface area contributed by atoms with E-state index in [9.17, 15) is 9.59 Å². The highest BCUT2D eigenvalue weighted by atomic mass is 16.4. The van der Waals surface area contributed by atoms with Crippen LogP contribution in [0.15, 0.2) is 24.4 Å². The minimum Gasteiger partial charge on any atom is -0.478 e. The predicted molar refractivity (Wildman–Crippen MR) is 65.6 cm³/mol. The fourth-order valence-corrected chi connectivity index (χ4v) is 2.10. The van der Waals surface area contributed by atoms with Crippen molar-refractivity contribution in [3.63, 3.8) is 0 Å². The predicted octanol–water partition coefficient (Wildman–Crippen LogP) is 1.22. The maximum Gasteiger partial charge on any atom is 0.354 e. The maximum absolute atomic E-state index is 11.0. The van der Waals surface area contributed by atoms with Crippen molar-refractivity contribution in [1.82, 2.24) is 14.0 Å². The van der Waals surface area contributed by atoms with Crippen LogP contribution in [0.3, 0.4) is 0 Å². The lowest BCUT2D eigenvalue weighted by Crippen LogP contribution is -2.04. The second-order valence-corrected chi connectivity index (χ2v) is 4.17. The van der Waals surface area contributed by atoms with Crippen molar-refractivity contribution in [3.05, 3.63) is 35.7 Å². The molecule has 0 spiro atoms. The fourth-order valence-electron chi connectivity index (χ4n) is 2.10. The number of aromatic carboxylic acids is 2. The summed E-state index contributed by atoms with van der Waals surface area (Å²) >= 11 is 0. The Balaban J connectivity index is 2.35. The molecule has 19 heavy (non-hydrogen) atoms. The van der Waals surface area contributed by atoms with E-state index in [0.29, 0.717) is 16.8 Å². The number of nitrogens with zero attached hydrogens (tertiary/aromatic N) is 3. The molecule has 2 N–H and O–H groups in total. The molecule has 0 aliphatic rings. The van der Waals surface area contributed by atoms with Crippen LogP contribution in [0.2, 0.25) is 0 Å². The first-order valence-electron chi connectivity index (χ1n) is 5.43. The molecule has 0 saturated heterocycles. The number of imidazole rings is 2. The number of carbonyl (C=O) groups is 2. The summed E-state index contributed by atoms with van der Waals surface area (Å²) in [5, 5.41) is 18.0. The zero-order valence-electron chi connectivity index (χ0n) is 9.86. The van der Waals surface area contributed by atoms with Gasteiger partial charge >= 0.3 is 11.9 Å². The molecule has 1 aromatic carbocycles. The van der Waals surface area contributed by atoms with E-state index in [-0.39, 0.29) is 11.3 Å². The molecule has 0 fully saturated rings. The minimum atomic E-state index is -1.04. The molecule has 3 aromatic rings. The lowest BCUT2D eigenvalue weighted by Gasteiger charge is -1.95. The van der Waals surface area contributed by atoms with E-state index < -0.39 is 11.9 Å². The van der Waals surface area contributed by atoms with Gasteiger partial charge < -0.3 is 14.8 Å². The van der Waals surface area contributed by atoms with Crippen molar-refractivity contribution in [2.45, 2.75) is 0 Å². The maximum atomic E-state index is 11.0. The van der Waals surface area contributed by atoms with Gasteiger partial charge in [-0.15, -0.1) is 0 Å². The highest BCUT2D eigenvalue weighted by Gasteiger charge is 2.16. The smallest absolute Gasteiger partial charge is 0.354 e. The lowest BCUT2D eigenvalue weighted by atomic mass is 10.2. The van der Waals surface area contributed by atoms with Gasteiger partial charge in [0.15, 0.2) is 0 Å². The molecule has 0 bridgehead atoms. The Labute approximate surface area is 106 Å². The molecule has 2 heterocycles. The number of carboxylic acids is 2. The average Bonchev–Trinajstić information content (AvgIpc) is 2.86. The van der Waals surface area contributed by atoms with E-state index in [0.717, 1.165) is 0 Å². The van der Waals surface area contributed by atoms with Gasteiger partial charge in [0.2, 0.25) is 5.78 Å². The van der Waals surface area contributed by atoms with Crippen molar-refractivity contribution in [2.75, 3.05) is 0 Å². The topological polar surface area (TPSA) is 96.8 Å². The third-order valence-electron chi connectivity index (χ3n) is 3.05. The van der Waals surface area contributed by atoms with Gasteiger partial charge in [0.1, 0.15) is 5.69 Å². The molecular formula is C12H9N3O4. The SMILES string of the molecule is Cn1c(C(=O)O)cn2c3ccc(C(=O)O)cc3nc12. The third-order valence-corrected chi connectivity index (χ3v) is 3.05. The van der Waals surface area contributed by atoms with Crippen LogP contribution < -0.4 is 0 Å². The van der Waals surface area contributed by atoms with Gasteiger partial charge in [-0.05, 0) is 18.2 Å². The first-order chi connectivity index (χ1) is 8.99. The number of aromatic nitrogens is 3. The third kappa shape index (κ3) is 1.48. The molecule has 7 nitrogen and oxygen atoms in total. The Morgan fingerprint density at radius 2 is 1.95 bits per heavy atom. The zero-order chi connectivity index (χ0) is 13.7. The van der Waals surface area contributed by atoms with Crippen LogP contribution in [0.5, 0.6) is 0 Å². The summed E-state index contributed by atoms with van der Waals surface area (Å²) in [6, 6.07) is 4.54. The van der Waals surface area contributed by atoms with Crippen LogP contribution >= 0.6 is 0 Å². The molecule has 0 aliphatic heterocycles. The van der Waals surface area contributed by atoms with Crippen LogP contribution in [-0.2, 0) is 7.05 Å². The standard InChI is InChI=1S/C12H9N3O4/c1-14-9(11(18)19)5-15-8-3-2-6(10(16)17)4-7(8)13-12(14)15/h2-5H,1H3,(H,16,17)(H,18,19). The van der Waals surface area contributed by atoms with Gasteiger partial charge in [-0.2, -0.15) is 0 Å². The van der Waals surface area contributed by atoms with Crippen LogP contribution in [0.4, 0.5) is 0 Å². The van der Waals surface area contributed by atoms with Gasteiger partial charge in [0.25, 0.3) is 0 Å². The molecule has 0 radical (unpaired) electrons. The molecule has 0 unspecified atom stereocenters. The zero-order valence-corrected chi connectivity index (χ0v) is 9.86. The van der Waals surface area contributed by atoms with Crippen molar-refractivity contribution in [1.29, 1.82) is 0 Å². The normalized spacial score (nSPS) is 11.2. The molecule has 96 valence electrons.